The number of urea groups is 1. The third-order valence-corrected chi connectivity index (χ3v) is 6.58. The number of ether oxygens (including phenoxy) is 3. The number of fused-ring (bicyclic) bond motifs is 1. The molecule has 10 nitrogen and oxygen atoms in total. The van der Waals surface area contributed by atoms with Crippen molar-refractivity contribution in [3.63, 3.8) is 0 Å². The van der Waals surface area contributed by atoms with Crippen LogP contribution in [-0.2, 0) is 10.0 Å². The molecule has 0 fully saturated rings. The van der Waals surface area contributed by atoms with Gasteiger partial charge in [-0.1, -0.05) is 0 Å². The molecule has 3 N–H and O–H groups in total. The summed E-state index contributed by atoms with van der Waals surface area (Å²) >= 11 is 0. The lowest BCUT2D eigenvalue weighted by Gasteiger charge is -2.27. The van der Waals surface area contributed by atoms with Gasteiger partial charge in [0, 0.05) is 30.6 Å². The summed E-state index contributed by atoms with van der Waals surface area (Å²) in [7, 11) is -1.57. The van der Waals surface area contributed by atoms with E-state index in [0.717, 1.165) is 6.07 Å². The third-order valence-electron chi connectivity index (χ3n) is 5.23. The van der Waals surface area contributed by atoms with Gasteiger partial charge in [-0.15, -0.1) is 0 Å². The Bertz CT molecular complexity index is 1190. The number of nitrogens with one attached hydrogen (secondary N) is 3. The predicted octanol–water partition coefficient (Wildman–Crippen LogP) is 2.15. The molecule has 0 radical (unpaired) electrons. The van der Waals surface area contributed by atoms with Crippen LogP contribution in [0.4, 0.5) is 9.18 Å². The Morgan fingerprint density at radius 1 is 1.12 bits per heavy atom. The first-order valence-corrected chi connectivity index (χ1v) is 12.0. The first kappa shape index (κ1) is 25.1. The van der Waals surface area contributed by atoms with Crippen LogP contribution in [0.3, 0.4) is 0 Å². The predicted molar refractivity (Wildman–Crippen MR) is 121 cm³/mol. The van der Waals surface area contributed by atoms with Gasteiger partial charge in [-0.2, -0.15) is 0 Å². The van der Waals surface area contributed by atoms with Crippen LogP contribution in [0.25, 0.3) is 0 Å². The van der Waals surface area contributed by atoms with E-state index >= 15 is 0 Å². The molecule has 3 amide bonds. The first-order valence-electron chi connectivity index (χ1n) is 10.5. The van der Waals surface area contributed by atoms with Crippen LogP contribution in [0.2, 0.25) is 0 Å². The van der Waals surface area contributed by atoms with Crippen molar-refractivity contribution in [2.24, 2.45) is 0 Å². The Morgan fingerprint density at radius 2 is 1.85 bits per heavy atom. The standard InChI is InChI=1S/C22H26FN3O7S/c1-4-24-22(28)26-34(29,30)20-10-15-13(7-8-33-18(15)11-19(20)32-3)12-25-21(27)16-9-14(23)5-6-17(16)31-2/h5-6,9-11,13H,4,7-8,12H2,1-3H3,(H,25,27)(H2,24,26,28). The molecule has 0 aromatic heterocycles. The van der Waals surface area contributed by atoms with Crippen LogP contribution in [0, 0.1) is 5.82 Å². The molecule has 0 spiro atoms. The zero-order valence-electron chi connectivity index (χ0n) is 18.9. The van der Waals surface area contributed by atoms with Gasteiger partial charge >= 0.3 is 6.03 Å². The molecule has 1 aliphatic rings. The Kier molecular flexibility index (Phi) is 7.82. The smallest absolute Gasteiger partial charge is 0.328 e. The van der Waals surface area contributed by atoms with E-state index in [4.69, 9.17) is 14.2 Å². The third kappa shape index (κ3) is 5.50. The average molecular weight is 496 g/mol. The molecule has 1 atom stereocenters. The zero-order valence-corrected chi connectivity index (χ0v) is 19.8. The van der Waals surface area contributed by atoms with Gasteiger partial charge < -0.3 is 24.8 Å². The van der Waals surface area contributed by atoms with E-state index in [1.165, 1.54) is 38.5 Å². The minimum Gasteiger partial charge on any atom is -0.496 e. The minimum absolute atomic E-state index is 0.00438. The normalized spacial score (nSPS) is 14.9. The van der Waals surface area contributed by atoms with Gasteiger partial charge in [-0.3, -0.25) is 4.79 Å². The molecular formula is C22H26FN3O7S. The van der Waals surface area contributed by atoms with Crippen LogP contribution in [0.1, 0.15) is 35.2 Å². The fraction of sp³-hybridized carbons (Fsp3) is 0.364. The Hall–Kier alpha value is -3.54. The summed E-state index contributed by atoms with van der Waals surface area (Å²) in [6.45, 7) is 2.36. The fourth-order valence-electron chi connectivity index (χ4n) is 3.59. The van der Waals surface area contributed by atoms with Crippen molar-refractivity contribution in [3.05, 3.63) is 47.3 Å². The van der Waals surface area contributed by atoms with E-state index in [-0.39, 0.29) is 41.0 Å². The molecule has 2 aromatic rings. The van der Waals surface area contributed by atoms with E-state index in [2.05, 4.69) is 10.6 Å². The van der Waals surface area contributed by atoms with E-state index in [9.17, 15) is 22.4 Å². The molecule has 0 saturated carbocycles. The highest BCUT2D eigenvalue weighted by atomic mass is 32.2. The number of amides is 3. The lowest BCUT2D eigenvalue weighted by Crippen LogP contribution is -2.39. The van der Waals surface area contributed by atoms with Gasteiger partial charge in [-0.25, -0.2) is 22.3 Å². The lowest BCUT2D eigenvalue weighted by atomic mass is 9.92. The SMILES string of the molecule is CCNC(=O)NS(=O)(=O)c1cc2c(cc1OC)OCCC2CNC(=O)c1cc(F)ccc1OC. The number of hydrogen-bond acceptors (Lipinski definition) is 7. The number of rotatable bonds is 8. The van der Waals surface area contributed by atoms with Crippen molar-refractivity contribution in [2.45, 2.75) is 24.2 Å². The number of halogens is 1. The topological polar surface area (TPSA) is 132 Å². The largest absolute Gasteiger partial charge is 0.496 e. The molecule has 0 saturated heterocycles. The van der Waals surface area contributed by atoms with Crippen LogP contribution in [0.15, 0.2) is 35.2 Å². The highest BCUT2D eigenvalue weighted by Crippen LogP contribution is 2.39. The first-order chi connectivity index (χ1) is 16.2. The molecule has 184 valence electrons. The van der Waals surface area contributed by atoms with Crippen LogP contribution >= 0.6 is 0 Å². The average Bonchev–Trinajstić information content (AvgIpc) is 2.81. The molecule has 34 heavy (non-hydrogen) atoms. The second kappa shape index (κ2) is 10.6. The summed E-state index contributed by atoms with van der Waals surface area (Å²) in [4.78, 5) is 24.3. The van der Waals surface area contributed by atoms with Gasteiger partial charge in [0.05, 0.1) is 26.4 Å². The zero-order chi connectivity index (χ0) is 24.9. The van der Waals surface area contributed by atoms with Gasteiger partial charge in [0.2, 0.25) is 0 Å². The maximum atomic E-state index is 13.6. The number of hydrogen-bond donors (Lipinski definition) is 3. The summed E-state index contributed by atoms with van der Waals surface area (Å²) in [6, 6.07) is 5.56. The van der Waals surface area contributed by atoms with Gasteiger partial charge in [0.25, 0.3) is 15.9 Å². The molecule has 1 heterocycles. The van der Waals surface area contributed by atoms with Crippen molar-refractivity contribution in [1.29, 1.82) is 0 Å². The Labute approximate surface area is 196 Å². The van der Waals surface area contributed by atoms with Gasteiger partial charge in [0.1, 0.15) is 28.0 Å². The van der Waals surface area contributed by atoms with Crippen molar-refractivity contribution >= 4 is 22.0 Å². The Balaban J connectivity index is 1.88. The molecule has 0 aliphatic carbocycles. The fourth-order valence-corrected chi connectivity index (χ4v) is 4.71. The summed E-state index contributed by atoms with van der Waals surface area (Å²) in [6.07, 6.45) is 0.489. The van der Waals surface area contributed by atoms with E-state index in [0.29, 0.717) is 24.3 Å². The molecule has 3 rings (SSSR count). The molecule has 2 aromatic carbocycles. The van der Waals surface area contributed by atoms with Crippen LogP contribution in [0.5, 0.6) is 17.2 Å². The van der Waals surface area contributed by atoms with Crippen LogP contribution in [-0.4, -0.2) is 54.3 Å². The summed E-state index contributed by atoms with van der Waals surface area (Å²) in [5, 5.41) is 5.11. The maximum absolute atomic E-state index is 13.6. The summed E-state index contributed by atoms with van der Waals surface area (Å²) in [5.41, 5.74) is 0.564. The van der Waals surface area contributed by atoms with E-state index in [1.807, 2.05) is 4.72 Å². The highest BCUT2D eigenvalue weighted by Gasteiger charge is 2.30. The number of carbonyl (C=O) groups excluding carboxylic acids is 2. The van der Waals surface area contributed by atoms with E-state index in [1.54, 1.807) is 6.92 Å². The number of benzene rings is 2. The van der Waals surface area contributed by atoms with E-state index < -0.39 is 27.8 Å². The Morgan fingerprint density at radius 3 is 2.53 bits per heavy atom. The second-order valence-electron chi connectivity index (χ2n) is 7.39. The maximum Gasteiger partial charge on any atom is 0.328 e. The van der Waals surface area contributed by atoms with Crippen molar-refractivity contribution in [2.75, 3.05) is 33.9 Å². The quantitative estimate of drug-likeness (QED) is 0.511. The monoisotopic (exact) mass is 495 g/mol. The number of sulfonamides is 1. The summed E-state index contributed by atoms with van der Waals surface area (Å²) in [5.74, 6) is -0.794. The molecule has 12 heteroatoms. The number of methoxy groups -OCH3 is 2. The van der Waals surface area contributed by atoms with Crippen molar-refractivity contribution in [3.8, 4) is 17.2 Å². The number of carbonyl (C=O) groups is 2. The second-order valence-corrected chi connectivity index (χ2v) is 9.05. The van der Waals surface area contributed by atoms with Crippen LogP contribution < -0.4 is 29.6 Å². The van der Waals surface area contributed by atoms with Gasteiger partial charge in [0.15, 0.2) is 0 Å². The molecule has 1 unspecified atom stereocenters. The highest BCUT2D eigenvalue weighted by molar-refractivity contribution is 7.90. The summed E-state index contributed by atoms with van der Waals surface area (Å²) < 4.78 is 57.3. The van der Waals surface area contributed by atoms with Crippen molar-refractivity contribution < 1.29 is 36.6 Å². The molecule has 1 aliphatic heterocycles. The lowest BCUT2D eigenvalue weighted by molar-refractivity contribution is 0.0944. The molecular weight excluding hydrogens is 469 g/mol. The molecule has 0 bridgehead atoms. The van der Waals surface area contributed by atoms with Gasteiger partial charge in [-0.05, 0) is 37.6 Å². The minimum atomic E-state index is -4.26. The van der Waals surface area contributed by atoms with Crippen molar-refractivity contribution in [1.82, 2.24) is 15.4 Å².